The van der Waals surface area contributed by atoms with E-state index in [-0.39, 0.29) is 24.4 Å². The standard InChI is InChI=1S/C21H32N6O4S/c1-15(13-28)23-19-12-18(14-32(4,30)31)24-20(26-19)16-6-8-17(9-7-16)25-21(29)22-10-5-11-27(2)3/h6-9,12,15,28H,5,10-11,13-14H2,1-4H3,(H2,22,25,29)(H,23,24,26)/t15-/m0/s1. The molecule has 0 fully saturated rings. The van der Waals surface area contributed by atoms with Gasteiger partial charge in [0.15, 0.2) is 15.7 Å². The summed E-state index contributed by atoms with van der Waals surface area (Å²) in [5, 5.41) is 17.9. The van der Waals surface area contributed by atoms with Crippen molar-refractivity contribution in [2.24, 2.45) is 0 Å². The van der Waals surface area contributed by atoms with Crippen LogP contribution in [0.1, 0.15) is 19.0 Å². The average molecular weight is 465 g/mol. The van der Waals surface area contributed by atoms with Gasteiger partial charge in [0.25, 0.3) is 0 Å². The zero-order chi connectivity index (χ0) is 23.7. The van der Waals surface area contributed by atoms with Crippen LogP contribution in [0.2, 0.25) is 0 Å². The molecule has 0 bridgehead atoms. The molecule has 2 aromatic rings. The van der Waals surface area contributed by atoms with Crippen molar-refractivity contribution in [3.8, 4) is 11.4 Å². The molecular formula is C21H32N6O4S. The van der Waals surface area contributed by atoms with E-state index in [0.29, 0.717) is 35.1 Å². The number of anilines is 2. The van der Waals surface area contributed by atoms with Gasteiger partial charge in [-0.25, -0.2) is 23.2 Å². The molecule has 32 heavy (non-hydrogen) atoms. The summed E-state index contributed by atoms with van der Waals surface area (Å²) in [6.45, 7) is 3.15. The number of aromatic nitrogens is 2. The first kappa shape index (κ1) is 25.5. The molecular weight excluding hydrogens is 432 g/mol. The van der Waals surface area contributed by atoms with E-state index in [1.165, 1.54) is 0 Å². The first-order chi connectivity index (χ1) is 15.1. The van der Waals surface area contributed by atoms with E-state index in [9.17, 15) is 18.3 Å². The van der Waals surface area contributed by atoms with Crippen LogP contribution in [0.25, 0.3) is 11.4 Å². The van der Waals surface area contributed by atoms with Crippen LogP contribution in [0.15, 0.2) is 30.3 Å². The highest BCUT2D eigenvalue weighted by atomic mass is 32.2. The minimum atomic E-state index is -3.29. The largest absolute Gasteiger partial charge is 0.394 e. The van der Waals surface area contributed by atoms with Gasteiger partial charge in [-0.1, -0.05) is 0 Å². The summed E-state index contributed by atoms with van der Waals surface area (Å²) in [7, 11) is 0.675. The lowest BCUT2D eigenvalue weighted by Gasteiger charge is -2.14. The fourth-order valence-electron chi connectivity index (χ4n) is 2.82. The van der Waals surface area contributed by atoms with E-state index in [1.807, 2.05) is 14.1 Å². The van der Waals surface area contributed by atoms with Crippen LogP contribution in [0.3, 0.4) is 0 Å². The van der Waals surface area contributed by atoms with Crippen LogP contribution in [0.5, 0.6) is 0 Å². The van der Waals surface area contributed by atoms with E-state index < -0.39 is 9.84 Å². The van der Waals surface area contributed by atoms with Gasteiger partial charge in [-0.05, 0) is 58.3 Å². The number of urea groups is 1. The summed E-state index contributed by atoms with van der Waals surface area (Å²) in [5.41, 5.74) is 1.62. The third-order valence-electron chi connectivity index (χ3n) is 4.33. The number of carbonyl (C=O) groups excluding carboxylic acids is 1. The van der Waals surface area contributed by atoms with Crippen molar-refractivity contribution < 1.29 is 18.3 Å². The molecule has 10 nitrogen and oxygen atoms in total. The number of hydrogen-bond acceptors (Lipinski definition) is 8. The van der Waals surface area contributed by atoms with Gasteiger partial charge in [0.1, 0.15) is 5.82 Å². The molecule has 2 amide bonds. The molecule has 11 heteroatoms. The van der Waals surface area contributed by atoms with Gasteiger partial charge in [0.05, 0.1) is 18.1 Å². The Bertz CT molecular complexity index is 996. The summed E-state index contributed by atoms with van der Waals surface area (Å²) in [6.07, 6.45) is 2.00. The van der Waals surface area contributed by atoms with E-state index in [4.69, 9.17) is 0 Å². The summed E-state index contributed by atoms with van der Waals surface area (Å²) in [4.78, 5) is 22.9. The van der Waals surface area contributed by atoms with Gasteiger partial charge in [-0.2, -0.15) is 0 Å². The monoisotopic (exact) mass is 464 g/mol. The first-order valence-corrected chi connectivity index (χ1v) is 12.3. The molecule has 0 aliphatic heterocycles. The fourth-order valence-corrected chi connectivity index (χ4v) is 3.50. The van der Waals surface area contributed by atoms with Crippen LogP contribution >= 0.6 is 0 Å². The molecule has 0 saturated carbocycles. The normalized spacial score (nSPS) is 12.4. The Morgan fingerprint density at radius 2 is 1.88 bits per heavy atom. The molecule has 1 aromatic carbocycles. The Balaban J connectivity index is 2.13. The molecule has 0 spiro atoms. The van der Waals surface area contributed by atoms with Gasteiger partial charge >= 0.3 is 6.03 Å². The van der Waals surface area contributed by atoms with E-state index in [0.717, 1.165) is 19.2 Å². The summed E-state index contributed by atoms with van der Waals surface area (Å²) < 4.78 is 23.5. The van der Waals surface area contributed by atoms with Crippen molar-refractivity contribution in [2.75, 3.05) is 50.7 Å². The zero-order valence-corrected chi connectivity index (χ0v) is 19.7. The fraction of sp³-hybridized carbons (Fsp3) is 0.476. The number of carbonyl (C=O) groups is 1. The number of sulfone groups is 1. The number of nitrogens with one attached hydrogen (secondary N) is 3. The first-order valence-electron chi connectivity index (χ1n) is 10.3. The number of rotatable bonds is 11. The van der Waals surface area contributed by atoms with Crippen LogP contribution < -0.4 is 16.0 Å². The molecule has 0 unspecified atom stereocenters. The number of aliphatic hydroxyl groups is 1. The highest BCUT2D eigenvalue weighted by molar-refractivity contribution is 7.89. The maximum absolute atomic E-state index is 12.0. The smallest absolute Gasteiger partial charge is 0.319 e. The maximum atomic E-state index is 12.0. The highest BCUT2D eigenvalue weighted by Gasteiger charge is 2.13. The Hall–Kier alpha value is -2.76. The number of benzene rings is 1. The van der Waals surface area contributed by atoms with E-state index in [2.05, 4.69) is 30.8 Å². The number of amides is 2. The topological polar surface area (TPSA) is 137 Å². The number of aliphatic hydroxyl groups excluding tert-OH is 1. The molecule has 176 valence electrons. The van der Waals surface area contributed by atoms with Crippen molar-refractivity contribution in [3.05, 3.63) is 36.0 Å². The maximum Gasteiger partial charge on any atom is 0.319 e. The Kier molecular flexibility index (Phi) is 9.36. The predicted molar refractivity (Wildman–Crippen MR) is 126 cm³/mol. The number of nitrogens with zero attached hydrogens (tertiary/aromatic N) is 3. The lowest BCUT2D eigenvalue weighted by molar-refractivity contribution is 0.251. The molecule has 2 rings (SSSR count). The van der Waals surface area contributed by atoms with Crippen LogP contribution in [-0.2, 0) is 15.6 Å². The predicted octanol–water partition coefficient (Wildman–Crippen LogP) is 1.55. The average Bonchev–Trinajstić information content (AvgIpc) is 2.70. The summed E-state index contributed by atoms with van der Waals surface area (Å²) >= 11 is 0. The van der Waals surface area contributed by atoms with Gasteiger partial charge in [-0.15, -0.1) is 0 Å². The summed E-state index contributed by atoms with van der Waals surface area (Å²) in [5.74, 6) is 0.547. The molecule has 0 saturated heterocycles. The molecule has 0 radical (unpaired) electrons. The molecule has 1 heterocycles. The SMILES string of the molecule is C[C@@H](CO)Nc1cc(CS(C)(=O)=O)nc(-c2ccc(NC(=O)NCCCN(C)C)cc2)n1. The van der Waals surface area contributed by atoms with Crippen molar-refractivity contribution in [1.82, 2.24) is 20.2 Å². The second-order valence-electron chi connectivity index (χ2n) is 7.98. The van der Waals surface area contributed by atoms with Gasteiger partial charge in [-0.3, -0.25) is 0 Å². The Morgan fingerprint density at radius 1 is 1.19 bits per heavy atom. The van der Waals surface area contributed by atoms with Crippen LogP contribution in [-0.4, -0.2) is 80.5 Å². The lowest BCUT2D eigenvalue weighted by Crippen LogP contribution is -2.31. The van der Waals surface area contributed by atoms with Crippen molar-refractivity contribution in [2.45, 2.75) is 25.1 Å². The highest BCUT2D eigenvalue weighted by Crippen LogP contribution is 2.21. The Labute approximate surface area is 189 Å². The van der Waals surface area contributed by atoms with Crippen molar-refractivity contribution in [3.63, 3.8) is 0 Å². The second-order valence-corrected chi connectivity index (χ2v) is 10.1. The van der Waals surface area contributed by atoms with E-state index >= 15 is 0 Å². The van der Waals surface area contributed by atoms with E-state index in [1.54, 1.807) is 37.3 Å². The van der Waals surface area contributed by atoms with Gasteiger partial charge < -0.3 is 26.0 Å². The van der Waals surface area contributed by atoms with Crippen molar-refractivity contribution in [1.29, 1.82) is 0 Å². The minimum Gasteiger partial charge on any atom is -0.394 e. The third kappa shape index (κ3) is 9.16. The molecule has 4 N–H and O–H groups in total. The second kappa shape index (κ2) is 11.7. The van der Waals surface area contributed by atoms with Gasteiger partial charge in [0.2, 0.25) is 0 Å². The van der Waals surface area contributed by atoms with Gasteiger partial charge in [0, 0.05) is 36.2 Å². The molecule has 1 atom stereocenters. The van der Waals surface area contributed by atoms with Crippen molar-refractivity contribution >= 4 is 27.4 Å². The van der Waals surface area contributed by atoms with Crippen LogP contribution in [0.4, 0.5) is 16.3 Å². The quantitative estimate of drug-likeness (QED) is 0.368. The molecule has 1 aromatic heterocycles. The summed E-state index contributed by atoms with van der Waals surface area (Å²) in [6, 6.07) is 7.98. The minimum absolute atomic E-state index is 0.0989. The molecule has 0 aliphatic carbocycles. The Morgan fingerprint density at radius 3 is 2.47 bits per heavy atom. The lowest BCUT2D eigenvalue weighted by atomic mass is 10.2. The third-order valence-corrected chi connectivity index (χ3v) is 5.15. The molecule has 0 aliphatic rings. The zero-order valence-electron chi connectivity index (χ0n) is 18.9. The number of hydrogen-bond donors (Lipinski definition) is 4. The van der Waals surface area contributed by atoms with Crippen LogP contribution in [0, 0.1) is 0 Å².